The number of rotatable bonds is 3. The van der Waals surface area contributed by atoms with Gasteiger partial charge in [0.05, 0.1) is 6.33 Å². The highest BCUT2D eigenvalue weighted by atomic mass is 19.1. The minimum absolute atomic E-state index is 0.231. The molecule has 1 rings (SSSR count). The van der Waals surface area contributed by atoms with E-state index in [9.17, 15) is 9.18 Å². The Labute approximate surface area is 72.1 Å². The lowest BCUT2D eigenvalue weighted by atomic mass is 10.1. The van der Waals surface area contributed by atoms with Gasteiger partial charge in [-0.05, 0) is 18.4 Å². The van der Waals surface area contributed by atoms with Gasteiger partial charge in [0.2, 0.25) is 6.41 Å². The molecule has 0 aromatic carbocycles. The van der Waals surface area contributed by atoms with Crippen LogP contribution in [0.3, 0.4) is 0 Å². The van der Waals surface area contributed by atoms with Crippen LogP contribution in [0.1, 0.15) is 26.2 Å². The molecule has 0 aliphatic carbocycles. The van der Waals surface area contributed by atoms with E-state index < -0.39 is 0 Å². The third-order valence-corrected chi connectivity index (χ3v) is 2.26. The van der Waals surface area contributed by atoms with Gasteiger partial charge in [-0.3, -0.25) is 4.79 Å². The normalized spacial score (nSPS) is 26.7. The van der Waals surface area contributed by atoms with Crippen LogP contribution in [0.2, 0.25) is 0 Å². The van der Waals surface area contributed by atoms with Gasteiger partial charge in [0.1, 0.15) is 0 Å². The molecule has 1 heterocycles. The summed E-state index contributed by atoms with van der Waals surface area (Å²) in [5, 5.41) is 0. The largest absolute Gasteiger partial charge is 0.338 e. The zero-order valence-electron chi connectivity index (χ0n) is 7.29. The molecule has 1 atom stereocenters. The molecule has 2 nitrogen and oxygen atoms in total. The van der Waals surface area contributed by atoms with E-state index in [1.165, 1.54) is 0 Å². The van der Waals surface area contributed by atoms with Crippen LogP contribution >= 0.6 is 0 Å². The van der Waals surface area contributed by atoms with E-state index in [0.717, 1.165) is 24.8 Å². The number of nitrogens with zero attached hydrogens (tertiary/aromatic N) is 1. The van der Waals surface area contributed by atoms with Gasteiger partial charge in [-0.2, -0.15) is 0 Å². The van der Waals surface area contributed by atoms with Crippen LogP contribution in [0.25, 0.3) is 0 Å². The number of likely N-dealkylation sites (tertiary alicyclic amines) is 1. The summed E-state index contributed by atoms with van der Waals surface area (Å²) < 4.78 is 12.1. The molecule has 12 heavy (non-hydrogen) atoms. The Morgan fingerprint density at radius 3 is 3.00 bits per heavy atom. The number of carbonyl (C=O) groups is 1. The minimum Gasteiger partial charge on any atom is -0.338 e. The molecular weight excluding hydrogens is 157 g/mol. The van der Waals surface area contributed by atoms with Crippen LogP contribution in [0.4, 0.5) is 4.39 Å². The number of halogens is 1. The van der Waals surface area contributed by atoms with Gasteiger partial charge in [-0.25, -0.2) is 4.39 Å². The number of hydrogen-bond donors (Lipinski definition) is 0. The standard InChI is InChI=1S/C9H14FNO/c1-2-3-9-4-8(5-10)6-11(9)7-12/h5,7,9H,2-4,6H2,1H3/b8-5-. The van der Waals surface area contributed by atoms with E-state index in [1.54, 1.807) is 4.90 Å². The molecule has 1 amide bonds. The maximum Gasteiger partial charge on any atom is 0.210 e. The molecule has 1 unspecified atom stereocenters. The molecule has 1 saturated heterocycles. The molecule has 0 saturated carbocycles. The maximum atomic E-state index is 12.1. The number of carbonyl (C=O) groups excluding carboxylic acids is 1. The predicted molar refractivity (Wildman–Crippen MR) is 45.3 cm³/mol. The highest BCUT2D eigenvalue weighted by molar-refractivity contribution is 5.50. The van der Waals surface area contributed by atoms with E-state index in [2.05, 4.69) is 6.92 Å². The quantitative estimate of drug-likeness (QED) is 0.593. The molecule has 68 valence electrons. The van der Waals surface area contributed by atoms with Crippen molar-refractivity contribution in [3.8, 4) is 0 Å². The lowest BCUT2D eigenvalue weighted by Crippen LogP contribution is -2.27. The van der Waals surface area contributed by atoms with E-state index in [1.807, 2.05) is 0 Å². The van der Waals surface area contributed by atoms with Crippen LogP contribution in [0, 0.1) is 0 Å². The Balaban J connectivity index is 2.56. The fourth-order valence-electron chi connectivity index (χ4n) is 1.65. The van der Waals surface area contributed by atoms with Gasteiger partial charge in [0.15, 0.2) is 0 Å². The van der Waals surface area contributed by atoms with Gasteiger partial charge in [0, 0.05) is 12.6 Å². The Hall–Kier alpha value is -0.860. The molecule has 0 radical (unpaired) electrons. The summed E-state index contributed by atoms with van der Waals surface area (Å²) in [7, 11) is 0. The van der Waals surface area contributed by atoms with Crippen LogP contribution in [0.15, 0.2) is 11.9 Å². The molecule has 0 bridgehead atoms. The first-order valence-corrected chi connectivity index (χ1v) is 4.31. The zero-order valence-corrected chi connectivity index (χ0v) is 7.29. The first-order chi connectivity index (χ1) is 5.81. The molecular formula is C9H14FNO. The fourth-order valence-corrected chi connectivity index (χ4v) is 1.65. The van der Waals surface area contributed by atoms with Crippen molar-refractivity contribution in [2.24, 2.45) is 0 Å². The van der Waals surface area contributed by atoms with Crippen molar-refractivity contribution in [1.82, 2.24) is 4.90 Å². The molecule has 1 fully saturated rings. The van der Waals surface area contributed by atoms with Crippen LogP contribution in [-0.2, 0) is 4.79 Å². The van der Waals surface area contributed by atoms with Crippen molar-refractivity contribution < 1.29 is 9.18 Å². The summed E-state index contributed by atoms with van der Waals surface area (Å²) in [6.07, 6.45) is 4.16. The van der Waals surface area contributed by atoms with E-state index in [4.69, 9.17) is 0 Å². The lowest BCUT2D eigenvalue weighted by Gasteiger charge is -2.17. The molecule has 0 N–H and O–H groups in total. The predicted octanol–water partition coefficient (Wildman–Crippen LogP) is 1.87. The van der Waals surface area contributed by atoms with Crippen molar-refractivity contribution >= 4 is 6.41 Å². The van der Waals surface area contributed by atoms with Crippen molar-refractivity contribution in [1.29, 1.82) is 0 Å². The molecule has 0 aromatic rings. The zero-order chi connectivity index (χ0) is 8.97. The van der Waals surface area contributed by atoms with Crippen LogP contribution in [-0.4, -0.2) is 23.9 Å². The minimum atomic E-state index is 0.231. The van der Waals surface area contributed by atoms with Gasteiger partial charge >= 0.3 is 0 Å². The Morgan fingerprint density at radius 1 is 1.75 bits per heavy atom. The average molecular weight is 171 g/mol. The highest BCUT2D eigenvalue weighted by Crippen LogP contribution is 2.24. The number of hydrogen-bond acceptors (Lipinski definition) is 1. The topological polar surface area (TPSA) is 20.3 Å². The summed E-state index contributed by atoms with van der Waals surface area (Å²) in [5.74, 6) is 0. The van der Waals surface area contributed by atoms with Gasteiger partial charge in [-0.1, -0.05) is 13.3 Å². The summed E-state index contributed by atoms with van der Waals surface area (Å²) in [6.45, 7) is 2.55. The first-order valence-electron chi connectivity index (χ1n) is 4.31. The van der Waals surface area contributed by atoms with Gasteiger partial charge in [0.25, 0.3) is 0 Å². The van der Waals surface area contributed by atoms with Crippen molar-refractivity contribution in [3.63, 3.8) is 0 Å². The third-order valence-electron chi connectivity index (χ3n) is 2.26. The summed E-state index contributed by atoms with van der Waals surface area (Å²) in [5.41, 5.74) is 0.737. The average Bonchev–Trinajstić information content (AvgIpc) is 2.48. The van der Waals surface area contributed by atoms with Crippen molar-refractivity contribution in [2.45, 2.75) is 32.2 Å². The maximum absolute atomic E-state index is 12.1. The second kappa shape index (κ2) is 4.24. The third kappa shape index (κ3) is 1.84. The van der Waals surface area contributed by atoms with E-state index in [-0.39, 0.29) is 6.04 Å². The van der Waals surface area contributed by atoms with Crippen LogP contribution in [0.5, 0.6) is 0 Å². The van der Waals surface area contributed by atoms with Crippen LogP contribution < -0.4 is 0 Å². The van der Waals surface area contributed by atoms with E-state index >= 15 is 0 Å². The van der Waals surface area contributed by atoms with Crippen molar-refractivity contribution in [3.05, 3.63) is 11.9 Å². The Bertz CT molecular complexity index is 191. The number of amides is 1. The molecule has 0 spiro atoms. The first kappa shape index (κ1) is 9.23. The summed E-state index contributed by atoms with van der Waals surface area (Å²) >= 11 is 0. The second-order valence-corrected chi connectivity index (χ2v) is 3.19. The van der Waals surface area contributed by atoms with Crippen molar-refractivity contribution in [2.75, 3.05) is 6.54 Å². The molecule has 3 heteroatoms. The monoisotopic (exact) mass is 171 g/mol. The second-order valence-electron chi connectivity index (χ2n) is 3.19. The molecule has 0 aromatic heterocycles. The SMILES string of the molecule is CCCC1C/C(=C/F)CN1C=O. The Kier molecular flexibility index (Phi) is 3.26. The van der Waals surface area contributed by atoms with Gasteiger partial charge < -0.3 is 4.90 Å². The smallest absolute Gasteiger partial charge is 0.210 e. The summed E-state index contributed by atoms with van der Waals surface area (Å²) in [4.78, 5) is 12.2. The Morgan fingerprint density at radius 2 is 2.50 bits per heavy atom. The highest BCUT2D eigenvalue weighted by Gasteiger charge is 2.25. The lowest BCUT2D eigenvalue weighted by molar-refractivity contribution is -0.118. The fraction of sp³-hybridized carbons (Fsp3) is 0.667. The molecule has 1 aliphatic heterocycles. The van der Waals surface area contributed by atoms with Gasteiger partial charge in [-0.15, -0.1) is 0 Å². The molecule has 1 aliphatic rings. The van der Waals surface area contributed by atoms with E-state index in [0.29, 0.717) is 19.3 Å². The summed E-state index contributed by atoms with van der Waals surface area (Å²) in [6, 6.07) is 0.231.